The highest BCUT2D eigenvalue weighted by molar-refractivity contribution is 5.89. The van der Waals surface area contributed by atoms with Crippen LogP contribution in [0.15, 0.2) is 72.9 Å². The molecule has 12 nitrogen and oxygen atoms in total. The molecule has 0 bridgehead atoms. The van der Waals surface area contributed by atoms with Gasteiger partial charge in [0.25, 0.3) is 0 Å². The van der Waals surface area contributed by atoms with Gasteiger partial charge in [-0.1, -0.05) is 57.2 Å². The number of pyridine rings is 1. The molecule has 2 amide bonds. The van der Waals surface area contributed by atoms with Crippen LogP contribution in [0.4, 0.5) is 16.6 Å². The monoisotopic (exact) mass is 770 g/mol. The topological polar surface area (TPSA) is 108 Å². The zero-order valence-electron chi connectivity index (χ0n) is 34.2. The molecule has 2 saturated heterocycles. The first kappa shape index (κ1) is 37.6. The third-order valence-electron chi connectivity index (χ3n) is 12.9. The highest BCUT2D eigenvalue weighted by Gasteiger charge is 2.59. The number of nitrogens with one attached hydrogen (secondary N) is 2. The number of carbonyl (C=O) groups excluding carboxylic acids is 1. The van der Waals surface area contributed by atoms with E-state index >= 15 is 0 Å². The largest absolute Gasteiger partial charge is 0.484 e. The molecule has 3 fully saturated rings. The number of nitrogens with zero attached hydrogens (tertiary/aromatic N) is 8. The van der Waals surface area contributed by atoms with Gasteiger partial charge in [-0.05, 0) is 113 Å². The lowest BCUT2D eigenvalue weighted by Crippen LogP contribution is -2.38. The van der Waals surface area contributed by atoms with Crippen molar-refractivity contribution in [1.82, 2.24) is 39.5 Å². The molecule has 5 heterocycles. The Labute approximate surface area is 336 Å². The van der Waals surface area contributed by atoms with Crippen LogP contribution in [0.25, 0.3) is 11.3 Å². The molecule has 12 heteroatoms. The van der Waals surface area contributed by atoms with Crippen molar-refractivity contribution < 1.29 is 9.53 Å². The van der Waals surface area contributed by atoms with Gasteiger partial charge in [0, 0.05) is 55.2 Å². The summed E-state index contributed by atoms with van der Waals surface area (Å²) in [6, 6.07) is 23.5. The number of piperidine rings is 1. The maximum atomic E-state index is 13.8. The van der Waals surface area contributed by atoms with Gasteiger partial charge in [-0.25, -0.2) is 9.48 Å². The molecule has 0 unspecified atom stereocenters. The number of hydrogen-bond donors (Lipinski definition) is 2. The molecule has 1 saturated carbocycles. The average molecular weight is 771 g/mol. The van der Waals surface area contributed by atoms with Crippen molar-refractivity contribution in [1.29, 1.82) is 0 Å². The number of fused-ring (bicyclic) bond motifs is 3. The van der Waals surface area contributed by atoms with Gasteiger partial charge in [-0.15, -0.1) is 10.2 Å². The molecule has 0 radical (unpaired) electrons. The predicted octanol–water partition coefficient (Wildman–Crippen LogP) is 7.47. The Kier molecular flexibility index (Phi) is 9.97. The SMILES string of the molecule is C[C@H]1CCCCN1c1nnc2ccc(O[C@@H]3CC[C@]4(C[C@@H]4NC(=O)Nc4cc(C(C)(C)C)nn4-c4ccc(CN5CCCN(C)CC5)cc4)c4ccccc43)cn12. The standard InChI is InChI=1S/C45H58N10O2/c1-31-11-8-9-24-53(31)43-49-48-40-19-18-34(30-54(40)43)57-37-20-21-45(36-13-7-6-12-35(36)37)28-39(45)46-42(56)47-41-27-38(44(2,3)4)50-55(41)33-16-14-32(15-17-33)29-52-23-10-22-51(5)25-26-52/h6-7,12-19,27,30-31,37,39H,8-11,20-26,28-29H2,1-5H3,(H2,46,47,56)/t31-,37+,39-,45-/m0/s1. The molecule has 300 valence electrons. The van der Waals surface area contributed by atoms with Crippen LogP contribution in [0, 0.1) is 0 Å². The lowest BCUT2D eigenvalue weighted by atomic mass is 9.78. The fourth-order valence-electron chi connectivity index (χ4n) is 9.39. The van der Waals surface area contributed by atoms with Crippen molar-refractivity contribution in [2.75, 3.05) is 50.0 Å². The quantitative estimate of drug-likeness (QED) is 0.167. The Hall–Kier alpha value is -4.94. The van der Waals surface area contributed by atoms with Crippen LogP contribution in [0.2, 0.25) is 0 Å². The van der Waals surface area contributed by atoms with E-state index in [1.807, 2.05) is 29.1 Å². The number of ether oxygens (including phenoxy) is 1. The molecule has 2 aliphatic carbocycles. The average Bonchev–Trinajstić information content (AvgIpc) is 3.52. The van der Waals surface area contributed by atoms with Crippen LogP contribution in [0.5, 0.6) is 5.75 Å². The summed E-state index contributed by atoms with van der Waals surface area (Å²) in [4.78, 5) is 21.1. The molecule has 1 spiro atoms. The molecular weight excluding hydrogens is 713 g/mol. The molecule has 2 aromatic carbocycles. The molecule has 4 aliphatic rings. The Morgan fingerprint density at radius 1 is 0.930 bits per heavy atom. The number of aromatic nitrogens is 5. The summed E-state index contributed by atoms with van der Waals surface area (Å²) in [7, 11) is 2.21. The van der Waals surface area contributed by atoms with Crippen molar-refractivity contribution in [3.63, 3.8) is 0 Å². The van der Waals surface area contributed by atoms with Crippen molar-refractivity contribution in [2.24, 2.45) is 0 Å². The molecule has 5 aromatic rings. The summed E-state index contributed by atoms with van der Waals surface area (Å²) >= 11 is 0. The van der Waals surface area contributed by atoms with E-state index in [4.69, 9.17) is 9.84 Å². The summed E-state index contributed by atoms with van der Waals surface area (Å²) < 4.78 is 10.7. The maximum Gasteiger partial charge on any atom is 0.320 e. The van der Waals surface area contributed by atoms with Crippen LogP contribution in [0.3, 0.4) is 0 Å². The molecular formula is C45H58N10O2. The zero-order valence-corrected chi connectivity index (χ0v) is 34.2. The lowest BCUT2D eigenvalue weighted by Gasteiger charge is -2.34. The maximum absolute atomic E-state index is 13.8. The van der Waals surface area contributed by atoms with E-state index in [9.17, 15) is 4.79 Å². The van der Waals surface area contributed by atoms with Crippen LogP contribution in [0.1, 0.15) is 101 Å². The van der Waals surface area contributed by atoms with Gasteiger partial charge >= 0.3 is 6.03 Å². The van der Waals surface area contributed by atoms with Crippen molar-refractivity contribution in [3.8, 4) is 11.4 Å². The molecule has 57 heavy (non-hydrogen) atoms. The normalized spacial score (nSPS) is 24.3. The smallest absolute Gasteiger partial charge is 0.320 e. The van der Waals surface area contributed by atoms with Gasteiger partial charge in [-0.2, -0.15) is 5.10 Å². The van der Waals surface area contributed by atoms with E-state index in [1.54, 1.807) is 0 Å². The third-order valence-corrected chi connectivity index (χ3v) is 12.9. The summed E-state index contributed by atoms with van der Waals surface area (Å²) in [6.45, 7) is 15.1. The van der Waals surface area contributed by atoms with E-state index in [0.717, 1.165) is 93.7 Å². The van der Waals surface area contributed by atoms with E-state index in [0.29, 0.717) is 11.9 Å². The van der Waals surface area contributed by atoms with E-state index in [1.165, 1.54) is 36.0 Å². The Morgan fingerprint density at radius 2 is 1.77 bits per heavy atom. The molecule has 4 atom stereocenters. The first-order valence-corrected chi connectivity index (χ1v) is 21.1. The van der Waals surface area contributed by atoms with Crippen LogP contribution < -0.4 is 20.3 Å². The minimum absolute atomic E-state index is 0.0265. The summed E-state index contributed by atoms with van der Waals surface area (Å²) in [6.07, 6.45) is 9.43. The van der Waals surface area contributed by atoms with Gasteiger partial charge in [0.15, 0.2) is 5.65 Å². The number of benzene rings is 2. The fraction of sp³-hybridized carbons (Fsp3) is 0.511. The van der Waals surface area contributed by atoms with E-state index in [2.05, 4.69) is 123 Å². The van der Waals surface area contributed by atoms with Crippen LogP contribution >= 0.6 is 0 Å². The number of rotatable bonds is 8. The summed E-state index contributed by atoms with van der Waals surface area (Å²) in [5.41, 5.74) is 6.13. The second-order valence-corrected chi connectivity index (χ2v) is 18.1. The van der Waals surface area contributed by atoms with Gasteiger partial charge in [0.2, 0.25) is 5.95 Å². The van der Waals surface area contributed by atoms with Crippen molar-refractivity contribution in [2.45, 2.75) is 108 Å². The number of hydrogen-bond acceptors (Lipinski definition) is 8. The summed E-state index contributed by atoms with van der Waals surface area (Å²) in [5, 5.41) is 20.6. The minimum Gasteiger partial charge on any atom is -0.484 e. The van der Waals surface area contributed by atoms with E-state index < -0.39 is 0 Å². The Morgan fingerprint density at radius 3 is 2.60 bits per heavy atom. The molecule has 2 aliphatic heterocycles. The van der Waals surface area contributed by atoms with Gasteiger partial charge in [0.05, 0.1) is 17.6 Å². The summed E-state index contributed by atoms with van der Waals surface area (Å²) in [5.74, 6) is 2.36. The van der Waals surface area contributed by atoms with E-state index in [-0.39, 0.29) is 29.0 Å². The highest BCUT2D eigenvalue weighted by atomic mass is 16.5. The van der Waals surface area contributed by atoms with Crippen molar-refractivity contribution in [3.05, 3.63) is 95.3 Å². The van der Waals surface area contributed by atoms with Gasteiger partial charge in [0.1, 0.15) is 17.7 Å². The van der Waals surface area contributed by atoms with Crippen molar-refractivity contribution >= 4 is 23.4 Å². The number of urea groups is 1. The lowest BCUT2D eigenvalue weighted by molar-refractivity contribution is 0.171. The Bertz CT molecular complexity index is 2220. The number of amides is 2. The number of anilines is 2. The zero-order chi connectivity index (χ0) is 39.3. The number of carbonyl (C=O) groups is 1. The first-order valence-electron chi connectivity index (χ1n) is 21.1. The molecule has 9 rings (SSSR count). The van der Waals surface area contributed by atoms with Gasteiger partial charge in [-0.3, -0.25) is 14.6 Å². The second-order valence-electron chi connectivity index (χ2n) is 18.1. The van der Waals surface area contributed by atoms with Gasteiger partial charge < -0.3 is 19.9 Å². The first-order chi connectivity index (χ1) is 27.5. The highest BCUT2D eigenvalue weighted by Crippen LogP contribution is 2.58. The third kappa shape index (κ3) is 7.61. The van der Waals surface area contributed by atoms with Crippen LogP contribution in [-0.2, 0) is 17.4 Å². The molecule has 3 aromatic heterocycles. The predicted molar refractivity (Wildman–Crippen MR) is 225 cm³/mol. The second kappa shape index (κ2) is 15.1. The van der Waals surface area contributed by atoms with Crippen LogP contribution in [-0.4, -0.2) is 92.1 Å². The molecule has 2 N–H and O–H groups in total. The Balaban J connectivity index is 0.884. The minimum atomic E-state index is -0.210. The fourth-order valence-corrected chi connectivity index (χ4v) is 9.39. The number of likely N-dealkylation sites (N-methyl/N-ethyl adjacent to an activating group) is 1.